The molecule has 0 amide bonds. The van der Waals surface area contributed by atoms with Gasteiger partial charge in [-0.15, -0.1) is 0 Å². The summed E-state index contributed by atoms with van der Waals surface area (Å²) in [7, 11) is 0. The number of hydrogen-bond donors (Lipinski definition) is 3. The first-order valence-electron chi connectivity index (χ1n) is 5.27. The van der Waals surface area contributed by atoms with Crippen molar-refractivity contribution in [3.8, 4) is 0 Å². The van der Waals surface area contributed by atoms with E-state index >= 15 is 0 Å². The third kappa shape index (κ3) is 2.02. The molecule has 1 aromatic heterocycles. The van der Waals surface area contributed by atoms with E-state index in [1.165, 1.54) is 19.2 Å². The van der Waals surface area contributed by atoms with Crippen LogP contribution in [-0.2, 0) is 6.42 Å². The van der Waals surface area contributed by atoms with Gasteiger partial charge in [0.05, 0.1) is 0 Å². The number of rotatable bonds is 4. The van der Waals surface area contributed by atoms with Crippen LogP contribution < -0.4 is 16.6 Å². The molecule has 0 aliphatic heterocycles. The zero-order chi connectivity index (χ0) is 10.9. The van der Waals surface area contributed by atoms with E-state index in [-0.39, 0.29) is 5.54 Å². The second-order valence-electron chi connectivity index (χ2n) is 4.23. The van der Waals surface area contributed by atoms with Crippen molar-refractivity contribution in [1.82, 2.24) is 9.97 Å². The molecule has 2 rings (SSSR count). The largest absolute Gasteiger partial charge is 0.365 e. The summed E-state index contributed by atoms with van der Waals surface area (Å²) >= 11 is 0. The molecule has 0 bridgehead atoms. The molecular weight excluding hydrogens is 190 g/mol. The Morgan fingerprint density at radius 1 is 1.40 bits per heavy atom. The fraction of sp³-hybridized carbons (Fsp3) is 0.600. The Morgan fingerprint density at radius 2 is 2.07 bits per heavy atom. The lowest BCUT2D eigenvalue weighted by atomic mass is 10.2. The van der Waals surface area contributed by atoms with Crippen LogP contribution in [0.4, 0.5) is 11.6 Å². The number of nitrogens with zero attached hydrogens (tertiary/aromatic N) is 2. The van der Waals surface area contributed by atoms with Crippen molar-refractivity contribution in [2.75, 3.05) is 10.7 Å². The first-order valence-corrected chi connectivity index (χ1v) is 5.27. The normalized spacial score (nSPS) is 17.3. The molecule has 0 radical (unpaired) electrons. The van der Waals surface area contributed by atoms with Gasteiger partial charge in [-0.05, 0) is 26.2 Å². The summed E-state index contributed by atoms with van der Waals surface area (Å²) in [5, 5.41) is 3.44. The zero-order valence-electron chi connectivity index (χ0n) is 9.17. The summed E-state index contributed by atoms with van der Waals surface area (Å²) in [5.41, 5.74) is 3.88. The maximum Gasteiger partial charge on any atom is 0.148 e. The zero-order valence-corrected chi connectivity index (χ0v) is 9.17. The van der Waals surface area contributed by atoms with Crippen LogP contribution in [0.2, 0.25) is 0 Å². The minimum atomic E-state index is 0.226. The van der Waals surface area contributed by atoms with E-state index in [0.29, 0.717) is 5.82 Å². The SMILES string of the molecule is CCc1c(NN)ncnc1NC1(C)CC1. The maximum atomic E-state index is 5.41. The van der Waals surface area contributed by atoms with Crippen LogP contribution in [0.15, 0.2) is 6.33 Å². The van der Waals surface area contributed by atoms with Crippen LogP contribution in [0.3, 0.4) is 0 Å². The molecule has 0 aromatic carbocycles. The summed E-state index contributed by atoms with van der Waals surface area (Å²) in [5.74, 6) is 7.02. The van der Waals surface area contributed by atoms with Gasteiger partial charge >= 0.3 is 0 Å². The first-order chi connectivity index (χ1) is 7.18. The Balaban J connectivity index is 2.28. The molecule has 0 spiro atoms. The number of aromatic nitrogens is 2. The van der Waals surface area contributed by atoms with E-state index < -0.39 is 0 Å². The lowest BCUT2D eigenvalue weighted by molar-refractivity contribution is 0.813. The van der Waals surface area contributed by atoms with E-state index in [9.17, 15) is 0 Å². The Labute approximate surface area is 89.5 Å². The van der Waals surface area contributed by atoms with E-state index in [4.69, 9.17) is 5.84 Å². The predicted octanol–water partition coefficient (Wildman–Crippen LogP) is 1.29. The van der Waals surface area contributed by atoms with Crippen molar-refractivity contribution in [3.63, 3.8) is 0 Å². The molecule has 1 saturated carbocycles. The second kappa shape index (κ2) is 3.66. The average Bonchev–Trinajstić information content (AvgIpc) is 2.95. The van der Waals surface area contributed by atoms with Gasteiger partial charge in [-0.25, -0.2) is 15.8 Å². The van der Waals surface area contributed by atoms with Gasteiger partial charge < -0.3 is 10.7 Å². The van der Waals surface area contributed by atoms with Gasteiger partial charge in [0.25, 0.3) is 0 Å². The molecule has 4 N–H and O–H groups in total. The molecule has 1 fully saturated rings. The van der Waals surface area contributed by atoms with Crippen LogP contribution in [0.5, 0.6) is 0 Å². The van der Waals surface area contributed by atoms with Crippen LogP contribution >= 0.6 is 0 Å². The van der Waals surface area contributed by atoms with Crippen LogP contribution in [-0.4, -0.2) is 15.5 Å². The minimum absolute atomic E-state index is 0.226. The molecule has 5 nitrogen and oxygen atoms in total. The van der Waals surface area contributed by atoms with Gasteiger partial charge in [-0.1, -0.05) is 6.92 Å². The molecule has 82 valence electrons. The van der Waals surface area contributed by atoms with Gasteiger partial charge in [0.15, 0.2) is 0 Å². The highest BCUT2D eigenvalue weighted by molar-refractivity contribution is 5.58. The lowest BCUT2D eigenvalue weighted by Crippen LogP contribution is -2.20. The molecule has 1 aliphatic rings. The Bertz CT molecular complexity index is 359. The van der Waals surface area contributed by atoms with Gasteiger partial charge in [0.2, 0.25) is 0 Å². The number of nitrogen functional groups attached to an aromatic ring is 1. The maximum absolute atomic E-state index is 5.41. The lowest BCUT2D eigenvalue weighted by Gasteiger charge is -2.16. The van der Waals surface area contributed by atoms with Crippen molar-refractivity contribution in [1.29, 1.82) is 0 Å². The van der Waals surface area contributed by atoms with E-state index in [1.54, 1.807) is 0 Å². The highest BCUT2D eigenvalue weighted by Crippen LogP contribution is 2.38. The third-order valence-electron chi connectivity index (χ3n) is 2.86. The van der Waals surface area contributed by atoms with Gasteiger partial charge in [0, 0.05) is 11.1 Å². The summed E-state index contributed by atoms with van der Waals surface area (Å²) in [6.45, 7) is 4.27. The average molecular weight is 207 g/mol. The molecule has 0 unspecified atom stereocenters. The highest BCUT2D eigenvalue weighted by atomic mass is 15.3. The molecular formula is C10H17N5. The standard InChI is InChI=1S/C10H17N5/c1-3-7-8(14-10(2)4-5-10)12-6-13-9(7)15-11/h6H,3-5,11H2,1-2H3,(H2,12,13,14,15). The third-order valence-corrected chi connectivity index (χ3v) is 2.86. The summed E-state index contributed by atoms with van der Waals surface area (Å²) in [6.07, 6.45) is 4.79. The number of hydrogen-bond acceptors (Lipinski definition) is 5. The van der Waals surface area contributed by atoms with E-state index in [1.807, 2.05) is 0 Å². The summed E-state index contributed by atoms with van der Waals surface area (Å²) in [4.78, 5) is 8.36. The smallest absolute Gasteiger partial charge is 0.148 e. The van der Waals surface area contributed by atoms with Gasteiger partial charge in [-0.2, -0.15) is 0 Å². The van der Waals surface area contributed by atoms with Gasteiger partial charge in [-0.3, -0.25) is 0 Å². The van der Waals surface area contributed by atoms with E-state index in [2.05, 4.69) is 34.6 Å². The number of hydrazine groups is 1. The molecule has 15 heavy (non-hydrogen) atoms. The van der Waals surface area contributed by atoms with Crippen molar-refractivity contribution in [2.24, 2.45) is 5.84 Å². The van der Waals surface area contributed by atoms with Crippen LogP contribution in [0.1, 0.15) is 32.3 Å². The van der Waals surface area contributed by atoms with Gasteiger partial charge in [0.1, 0.15) is 18.0 Å². The topological polar surface area (TPSA) is 75.9 Å². The van der Waals surface area contributed by atoms with Crippen molar-refractivity contribution in [3.05, 3.63) is 11.9 Å². The predicted molar refractivity (Wildman–Crippen MR) is 60.5 cm³/mol. The van der Waals surface area contributed by atoms with Crippen LogP contribution in [0, 0.1) is 0 Å². The number of nitrogens with two attached hydrogens (primary N) is 1. The summed E-state index contributed by atoms with van der Waals surface area (Å²) in [6, 6.07) is 0. The quantitative estimate of drug-likeness (QED) is 0.512. The molecule has 5 heteroatoms. The fourth-order valence-electron chi connectivity index (χ4n) is 1.58. The number of anilines is 2. The Morgan fingerprint density at radius 3 is 2.60 bits per heavy atom. The molecule has 1 heterocycles. The van der Waals surface area contributed by atoms with Crippen molar-refractivity contribution >= 4 is 11.6 Å². The highest BCUT2D eigenvalue weighted by Gasteiger charge is 2.38. The van der Waals surface area contributed by atoms with E-state index in [0.717, 1.165) is 17.8 Å². The number of nitrogens with one attached hydrogen (secondary N) is 2. The molecule has 0 atom stereocenters. The first kappa shape index (κ1) is 10.2. The second-order valence-corrected chi connectivity index (χ2v) is 4.23. The minimum Gasteiger partial charge on any atom is -0.365 e. The Kier molecular flexibility index (Phi) is 2.48. The van der Waals surface area contributed by atoms with Crippen molar-refractivity contribution in [2.45, 2.75) is 38.6 Å². The monoisotopic (exact) mass is 207 g/mol. The van der Waals surface area contributed by atoms with Crippen LogP contribution in [0.25, 0.3) is 0 Å². The molecule has 1 aromatic rings. The van der Waals surface area contributed by atoms with Crippen molar-refractivity contribution < 1.29 is 0 Å². The summed E-state index contributed by atoms with van der Waals surface area (Å²) < 4.78 is 0. The Hall–Kier alpha value is -1.36. The molecule has 1 aliphatic carbocycles. The molecule has 0 saturated heterocycles. The fourth-order valence-corrected chi connectivity index (χ4v) is 1.58.